The molecule has 3 fully saturated rings. The summed E-state index contributed by atoms with van der Waals surface area (Å²) in [4.78, 5) is 15.5. The van der Waals surface area contributed by atoms with Gasteiger partial charge >= 0.3 is 0 Å². The molecule has 3 aliphatic heterocycles. The summed E-state index contributed by atoms with van der Waals surface area (Å²) in [5.74, 6) is -0.259. The Labute approximate surface area is 233 Å². The minimum atomic E-state index is -3.24. The molecule has 3 aliphatic rings. The number of carbonyl (C=O) groups excluding carboxylic acids is 1. The number of benzene rings is 1. The van der Waals surface area contributed by atoms with Gasteiger partial charge in [-0.15, -0.1) is 0 Å². The molecule has 3 heterocycles. The predicted octanol–water partition coefficient (Wildman–Crippen LogP) is 3.72. The SMILES string of the molecule is CCC(C(=O)NC1CCN(CCC(c2cc(F)cc(F)c2)C2CCN(S(C)(=O)=O)CC2)CC1)C1CCNCC1. The van der Waals surface area contributed by atoms with Gasteiger partial charge in [0, 0.05) is 44.2 Å². The monoisotopic (exact) mass is 568 g/mol. The number of nitrogens with one attached hydrogen (secondary N) is 2. The number of sulfonamides is 1. The minimum Gasteiger partial charge on any atom is -0.353 e. The highest BCUT2D eigenvalue weighted by Crippen LogP contribution is 2.37. The van der Waals surface area contributed by atoms with E-state index >= 15 is 0 Å². The third-order valence-electron chi connectivity index (χ3n) is 9.27. The molecule has 4 rings (SSSR count). The average molecular weight is 569 g/mol. The lowest BCUT2D eigenvalue weighted by molar-refractivity contribution is -0.128. The molecule has 7 nitrogen and oxygen atoms in total. The summed E-state index contributed by atoms with van der Waals surface area (Å²) in [6.07, 6.45) is 8.16. The van der Waals surface area contributed by atoms with Gasteiger partial charge in [-0.3, -0.25) is 4.79 Å². The van der Waals surface area contributed by atoms with E-state index in [9.17, 15) is 22.0 Å². The van der Waals surface area contributed by atoms with Gasteiger partial charge in [-0.25, -0.2) is 21.5 Å². The average Bonchev–Trinajstić information content (AvgIpc) is 2.90. The minimum absolute atomic E-state index is 0.0374. The smallest absolute Gasteiger partial charge is 0.223 e. The van der Waals surface area contributed by atoms with Crippen LogP contribution in [0.25, 0.3) is 0 Å². The summed E-state index contributed by atoms with van der Waals surface area (Å²) in [5, 5.41) is 6.72. The number of nitrogens with zero attached hydrogens (tertiary/aromatic N) is 2. The maximum absolute atomic E-state index is 14.1. The van der Waals surface area contributed by atoms with E-state index in [-0.39, 0.29) is 29.7 Å². The second-order valence-corrected chi connectivity index (χ2v) is 13.8. The van der Waals surface area contributed by atoms with Crippen molar-refractivity contribution in [2.24, 2.45) is 17.8 Å². The highest BCUT2D eigenvalue weighted by molar-refractivity contribution is 7.88. The molecule has 0 spiro atoms. The molecule has 39 heavy (non-hydrogen) atoms. The second-order valence-electron chi connectivity index (χ2n) is 11.8. The van der Waals surface area contributed by atoms with Gasteiger partial charge in [-0.2, -0.15) is 0 Å². The summed E-state index contributed by atoms with van der Waals surface area (Å²) in [5.41, 5.74) is 0.663. The van der Waals surface area contributed by atoms with Crippen LogP contribution in [0.15, 0.2) is 18.2 Å². The molecule has 1 aromatic rings. The zero-order valence-electron chi connectivity index (χ0n) is 23.5. The van der Waals surface area contributed by atoms with E-state index < -0.39 is 21.7 Å². The molecule has 0 aliphatic carbocycles. The van der Waals surface area contributed by atoms with Gasteiger partial charge in [0.25, 0.3) is 0 Å². The molecule has 10 heteroatoms. The summed E-state index contributed by atoms with van der Waals surface area (Å²) < 4.78 is 53.7. The first-order valence-corrected chi connectivity index (χ1v) is 16.6. The summed E-state index contributed by atoms with van der Waals surface area (Å²) in [6, 6.07) is 3.97. The lowest BCUT2D eigenvalue weighted by atomic mass is 9.78. The van der Waals surface area contributed by atoms with Crippen LogP contribution >= 0.6 is 0 Å². The molecular formula is C29H46F2N4O3S. The molecule has 0 radical (unpaired) electrons. The third kappa shape index (κ3) is 8.44. The van der Waals surface area contributed by atoms with Crippen LogP contribution in [-0.2, 0) is 14.8 Å². The van der Waals surface area contributed by atoms with Gasteiger partial charge < -0.3 is 15.5 Å². The number of carbonyl (C=O) groups is 1. The molecule has 3 saturated heterocycles. The molecule has 1 amide bonds. The summed E-state index contributed by atoms with van der Waals surface area (Å²) in [7, 11) is -3.24. The van der Waals surface area contributed by atoms with E-state index in [4.69, 9.17) is 0 Å². The third-order valence-corrected chi connectivity index (χ3v) is 10.6. The Morgan fingerprint density at radius 1 is 0.974 bits per heavy atom. The molecule has 0 aromatic heterocycles. The number of halogens is 2. The quantitative estimate of drug-likeness (QED) is 0.450. The van der Waals surface area contributed by atoms with E-state index in [1.165, 1.54) is 22.7 Å². The van der Waals surface area contributed by atoms with Crippen molar-refractivity contribution >= 4 is 15.9 Å². The van der Waals surface area contributed by atoms with Crippen LogP contribution in [0.4, 0.5) is 8.78 Å². The first kappa shape index (κ1) is 30.3. The van der Waals surface area contributed by atoms with Crippen molar-refractivity contribution in [3.05, 3.63) is 35.4 Å². The van der Waals surface area contributed by atoms with Crippen LogP contribution in [0.5, 0.6) is 0 Å². The van der Waals surface area contributed by atoms with Crippen LogP contribution in [-0.4, -0.2) is 81.6 Å². The molecule has 220 valence electrons. The predicted molar refractivity (Wildman–Crippen MR) is 150 cm³/mol. The highest BCUT2D eigenvalue weighted by atomic mass is 32.2. The highest BCUT2D eigenvalue weighted by Gasteiger charge is 2.33. The van der Waals surface area contributed by atoms with Crippen LogP contribution in [0, 0.1) is 29.4 Å². The van der Waals surface area contributed by atoms with Crippen LogP contribution in [0.3, 0.4) is 0 Å². The van der Waals surface area contributed by atoms with Gasteiger partial charge in [0.05, 0.1) is 6.26 Å². The normalized spacial score (nSPS) is 23.0. The maximum atomic E-state index is 14.1. The van der Waals surface area contributed by atoms with Crippen molar-refractivity contribution in [3.8, 4) is 0 Å². The number of amides is 1. The van der Waals surface area contributed by atoms with Crippen molar-refractivity contribution < 1.29 is 22.0 Å². The van der Waals surface area contributed by atoms with Crippen LogP contribution in [0.2, 0.25) is 0 Å². The molecule has 2 atom stereocenters. The Hall–Kier alpha value is -1.62. The Morgan fingerprint density at radius 3 is 2.15 bits per heavy atom. The molecule has 2 N–H and O–H groups in total. The fourth-order valence-corrected chi connectivity index (χ4v) is 7.86. The molecule has 1 aromatic carbocycles. The summed E-state index contributed by atoms with van der Waals surface area (Å²) >= 11 is 0. The van der Waals surface area contributed by atoms with Crippen molar-refractivity contribution in [1.82, 2.24) is 19.8 Å². The zero-order chi connectivity index (χ0) is 28.0. The Balaban J connectivity index is 1.31. The van der Waals surface area contributed by atoms with Gasteiger partial charge in [0.15, 0.2) is 0 Å². The van der Waals surface area contributed by atoms with E-state index in [0.717, 1.165) is 77.3 Å². The maximum Gasteiger partial charge on any atom is 0.223 e. The van der Waals surface area contributed by atoms with E-state index in [1.807, 2.05) is 0 Å². The lowest BCUT2D eigenvalue weighted by Gasteiger charge is -2.38. The van der Waals surface area contributed by atoms with Gasteiger partial charge in [0.2, 0.25) is 15.9 Å². The molecule has 0 saturated carbocycles. The molecule has 2 unspecified atom stereocenters. The second kappa shape index (κ2) is 13.8. The standard InChI is InChI=1S/C29H46F2N4O3S/c1-3-27(21-4-11-32-12-5-21)29(36)33-26-8-13-34(14-9-26)15-10-28(23-18-24(30)20-25(31)19-23)22-6-16-35(17-7-22)39(2,37)38/h18-22,26-28,32H,3-17H2,1-2H3,(H,33,36). The van der Waals surface area contributed by atoms with Crippen molar-refractivity contribution in [1.29, 1.82) is 0 Å². The first-order chi connectivity index (χ1) is 18.6. The fraction of sp³-hybridized carbons (Fsp3) is 0.759. The van der Waals surface area contributed by atoms with Gasteiger partial charge in [-0.1, -0.05) is 6.92 Å². The van der Waals surface area contributed by atoms with Gasteiger partial charge in [0.1, 0.15) is 11.6 Å². The summed E-state index contributed by atoms with van der Waals surface area (Å²) in [6.45, 7) is 7.55. The number of likely N-dealkylation sites (tertiary alicyclic amines) is 1. The lowest BCUT2D eigenvalue weighted by Crippen LogP contribution is -2.48. The topological polar surface area (TPSA) is 81.8 Å². The van der Waals surface area contributed by atoms with E-state index in [2.05, 4.69) is 22.5 Å². The Kier molecular flexibility index (Phi) is 10.8. The number of rotatable bonds is 10. The van der Waals surface area contributed by atoms with Gasteiger partial charge in [-0.05, 0) is 106 Å². The van der Waals surface area contributed by atoms with E-state index in [0.29, 0.717) is 37.4 Å². The van der Waals surface area contributed by atoms with E-state index in [1.54, 1.807) is 0 Å². The molecular weight excluding hydrogens is 522 g/mol. The van der Waals surface area contributed by atoms with Crippen molar-refractivity contribution in [2.75, 3.05) is 52.1 Å². The number of hydrogen-bond acceptors (Lipinski definition) is 5. The largest absolute Gasteiger partial charge is 0.353 e. The van der Waals surface area contributed by atoms with Crippen LogP contribution in [0.1, 0.15) is 69.8 Å². The first-order valence-electron chi connectivity index (χ1n) is 14.8. The Bertz CT molecular complexity index is 1030. The van der Waals surface area contributed by atoms with Crippen molar-refractivity contribution in [2.45, 2.75) is 70.3 Å². The fourth-order valence-electron chi connectivity index (χ4n) is 6.98. The Morgan fingerprint density at radius 2 is 1.59 bits per heavy atom. The molecule has 0 bridgehead atoms. The number of piperidine rings is 3. The van der Waals surface area contributed by atoms with Crippen molar-refractivity contribution in [3.63, 3.8) is 0 Å². The number of hydrogen-bond donors (Lipinski definition) is 2. The van der Waals surface area contributed by atoms with Crippen LogP contribution < -0.4 is 10.6 Å². The zero-order valence-corrected chi connectivity index (χ0v) is 24.3.